The average molecular weight is 327 g/mol. The summed E-state index contributed by atoms with van der Waals surface area (Å²) in [6, 6.07) is 5.81. The zero-order valence-electron chi connectivity index (χ0n) is 14.6. The summed E-state index contributed by atoms with van der Waals surface area (Å²) in [7, 11) is 3.32. The van der Waals surface area contributed by atoms with Crippen molar-refractivity contribution in [3.63, 3.8) is 0 Å². The van der Waals surface area contributed by atoms with Crippen LogP contribution in [0.25, 0.3) is 10.9 Å². The first-order valence-corrected chi connectivity index (χ1v) is 8.56. The number of carbonyl (C=O) groups excluding carboxylic acids is 1. The second kappa shape index (κ2) is 6.30. The molecule has 2 N–H and O–H groups in total. The number of carbonyl (C=O) groups is 1. The first kappa shape index (κ1) is 16.6. The van der Waals surface area contributed by atoms with Crippen molar-refractivity contribution in [2.75, 3.05) is 19.8 Å². The SMILES string of the molecule is CC1CCCCC1n1cc(C(=O)N(C)C)c(=O)c2c(N)cccc21. The van der Waals surface area contributed by atoms with Crippen molar-refractivity contribution in [1.82, 2.24) is 9.47 Å². The van der Waals surface area contributed by atoms with E-state index in [2.05, 4.69) is 11.5 Å². The molecule has 3 rings (SSSR count). The minimum Gasteiger partial charge on any atom is -0.398 e. The van der Waals surface area contributed by atoms with Gasteiger partial charge in [0.25, 0.3) is 5.91 Å². The Bertz CT molecular complexity index is 838. The third kappa shape index (κ3) is 2.68. The zero-order chi connectivity index (χ0) is 17.4. The molecule has 1 aromatic heterocycles. The molecular formula is C19H25N3O2. The lowest BCUT2D eigenvalue weighted by atomic mass is 9.85. The Labute approximate surface area is 142 Å². The van der Waals surface area contributed by atoms with Gasteiger partial charge in [-0.3, -0.25) is 9.59 Å². The number of hydrogen-bond acceptors (Lipinski definition) is 3. The number of aromatic nitrogens is 1. The highest BCUT2D eigenvalue weighted by atomic mass is 16.2. The summed E-state index contributed by atoms with van der Waals surface area (Å²) in [5.74, 6) is 0.232. The summed E-state index contributed by atoms with van der Waals surface area (Å²) in [5, 5.41) is 0.461. The fourth-order valence-electron chi connectivity index (χ4n) is 3.80. The molecule has 2 aromatic rings. The van der Waals surface area contributed by atoms with Gasteiger partial charge in [-0.15, -0.1) is 0 Å². The van der Waals surface area contributed by atoms with Gasteiger partial charge < -0.3 is 15.2 Å². The van der Waals surface area contributed by atoms with E-state index >= 15 is 0 Å². The van der Waals surface area contributed by atoms with E-state index in [4.69, 9.17) is 5.73 Å². The number of rotatable bonds is 2. The van der Waals surface area contributed by atoms with Crippen LogP contribution in [-0.2, 0) is 0 Å². The second-order valence-electron chi connectivity index (χ2n) is 7.05. The maximum Gasteiger partial charge on any atom is 0.258 e. The van der Waals surface area contributed by atoms with E-state index in [1.54, 1.807) is 26.4 Å². The third-order valence-electron chi connectivity index (χ3n) is 5.15. The Morgan fingerprint density at radius 1 is 1.25 bits per heavy atom. The number of amides is 1. The fraction of sp³-hybridized carbons (Fsp3) is 0.474. The van der Waals surface area contributed by atoms with Crippen molar-refractivity contribution >= 4 is 22.5 Å². The molecule has 1 aromatic carbocycles. The normalized spacial score (nSPS) is 21.0. The fourth-order valence-corrected chi connectivity index (χ4v) is 3.80. The van der Waals surface area contributed by atoms with Crippen LogP contribution < -0.4 is 11.2 Å². The number of pyridine rings is 1. The van der Waals surface area contributed by atoms with E-state index in [-0.39, 0.29) is 22.9 Å². The molecular weight excluding hydrogens is 302 g/mol. The summed E-state index contributed by atoms with van der Waals surface area (Å²) >= 11 is 0. The molecule has 0 radical (unpaired) electrons. The number of anilines is 1. The van der Waals surface area contributed by atoms with E-state index < -0.39 is 0 Å². The highest BCUT2D eigenvalue weighted by Gasteiger charge is 2.26. The van der Waals surface area contributed by atoms with Crippen molar-refractivity contribution in [3.05, 3.63) is 40.2 Å². The second-order valence-corrected chi connectivity index (χ2v) is 7.05. The van der Waals surface area contributed by atoms with Crippen LogP contribution in [0.4, 0.5) is 5.69 Å². The molecule has 24 heavy (non-hydrogen) atoms. The maximum atomic E-state index is 12.9. The van der Waals surface area contributed by atoms with Crippen molar-refractivity contribution in [3.8, 4) is 0 Å². The molecule has 1 heterocycles. The molecule has 0 spiro atoms. The van der Waals surface area contributed by atoms with Gasteiger partial charge in [-0.25, -0.2) is 0 Å². The molecule has 2 atom stereocenters. The summed E-state index contributed by atoms with van der Waals surface area (Å²) in [6.07, 6.45) is 6.38. The molecule has 1 saturated carbocycles. The van der Waals surface area contributed by atoms with Gasteiger partial charge in [-0.1, -0.05) is 25.8 Å². The minimum atomic E-state index is -0.276. The number of benzene rings is 1. The molecule has 1 aliphatic carbocycles. The Morgan fingerprint density at radius 2 is 1.96 bits per heavy atom. The number of fused-ring (bicyclic) bond motifs is 1. The van der Waals surface area contributed by atoms with Gasteiger partial charge in [0.2, 0.25) is 5.43 Å². The minimum absolute atomic E-state index is 0.197. The number of nitrogens with zero attached hydrogens (tertiary/aromatic N) is 2. The van der Waals surface area contributed by atoms with E-state index in [1.807, 2.05) is 12.1 Å². The lowest BCUT2D eigenvalue weighted by Crippen LogP contribution is -2.31. The number of hydrogen-bond donors (Lipinski definition) is 1. The maximum absolute atomic E-state index is 12.9. The molecule has 0 saturated heterocycles. The highest BCUT2D eigenvalue weighted by molar-refractivity contribution is 6.00. The van der Waals surface area contributed by atoms with E-state index in [9.17, 15) is 9.59 Å². The lowest BCUT2D eigenvalue weighted by molar-refractivity contribution is 0.0825. The molecule has 0 aliphatic heterocycles. The molecule has 5 nitrogen and oxygen atoms in total. The van der Waals surface area contributed by atoms with Gasteiger partial charge in [0.15, 0.2) is 0 Å². The van der Waals surface area contributed by atoms with Crippen LogP contribution in [0.3, 0.4) is 0 Å². The summed E-state index contributed by atoms with van der Waals surface area (Å²) in [5.41, 5.74) is 7.28. The highest BCUT2D eigenvalue weighted by Crippen LogP contribution is 2.35. The van der Waals surface area contributed by atoms with Crippen LogP contribution in [0.15, 0.2) is 29.2 Å². The molecule has 1 fully saturated rings. The first-order chi connectivity index (χ1) is 11.4. The van der Waals surface area contributed by atoms with Crippen LogP contribution in [-0.4, -0.2) is 29.5 Å². The van der Waals surface area contributed by atoms with Crippen molar-refractivity contribution in [2.24, 2.45) is 5.92 Å². The summed E-state index contributed by atoms with van der Waals surface area (Å²) in [4.78, 5) is 26.8. The Morgan fingerprint density at radius 3 is 2.62 bits per heavy atom. The average Bonchev–Trinajstić information content (AvgIpc) is 2.55. The predicted molar refractivity (Wildman–Crippen MR) is 97.3 cm³/mol. The van der Waals surface area contributed by atoms with Gasteiger partial charge in [0.05, 0.1) is 10.9 Å². The van der Waals surface area contributed by atoms with E-state index in [0.717, 1.165) is 18.4 Å². The van der Waals surface area contributed by atoms with Gasteiger partial charge in [0.1, 0.15) is 5.56 Å². The third-order valence-corrected chi connectivity index (χ3v) is 5.15. The largest absolute Gasteiger partial charge is 0.398 e. The molecule has 5 heteroatoms. The monoisotopic (exact) mass is 327 g/mol. The number of nitrogens with two attached hydrogens (primary N) is 1. The number of nitrogen functional groups attached to an aromatic ring is 1. The molecule has 1 amide bonds. The van der Waals surface area contributed by atoms with Gasteiger partial charge in [-0.05, 0) is 30.9 Å². The standard InChI is InChI=1S/C19H25N3O2/c1-12-7-4-5-9-15(12)22-11-13(19(24)21(2)3)18(23)17-14(20)8-6-10-16(17)22/h6,8,10-12,15H,4-5,7,9,20H2,1-3H3. The Hall–Kier alpha value is -2.30. The molecule has 128 valence electrons. The molecule has 1 aliphatic rings. The molecule has 0 bridgehead atoms. The van der Waals surface area contributed by atoms with Gasteiger partial charge in [0, 0.05) is 32.0 Å². The van der Waals surface area contributed by atoms with Crippen molar-refractivity contribution < 1.29 is 4.79 Å². The van der Waals surface area contributed by atoms with Crippen LogP contribution >= 0.6 is 0 Å². The predicted octanol–water partition coefficient (Wildman–Crippen LogP) is 3.04. The van der Waals surface area contributed by atoms with E-state index in [1.165, 1.54) is 17.7 Å². The van der Waals surface area contributed by atoms with Crippen LogP contribution in [0.2, 0.25) is 0 Å². The van der Waals surface area contributed by atoms with Crippen LogP contribution in [0.5, 0.6) is 0 Å². The first-order valence-electron chi connectivity index (χ1n) is 8.56. The summed E-state index contributed by atoms with van der Waals surface area (Å²) in [6.45, 7) is 2.24. The summed E-state index contributed by atoms with van der Waals surface area (Å²) < 4.78 is 2.12. The Kier molecular flexibility index (Phi) is 4.35. The molecule has 2 unspecified atom stereocenters. The van der Waals surface area contributed by atoms with E-state index in [0.29, 0.717) is 17.0 Å². The van der Waals surface area contributed by atoms with Crippen LogP contribution in [0.1, 0.15) is 49.0 Å². The Balaban J connectivity index is 2.31. The van der Waals surface area contributed by atoms with Gasteiger partial charge >= 0.3 is 0 Å². The van der Waals surface area contributed by atoms with Crippen molar-refractivity contribution in [2.45, 2.75) is 38.6 Å². The zero-order valence-corrected chi connectivity index (χ0v) is 14.6. The van der Waals surface area contributed by atoms with Crippen molar-refractivity contribution in [1.29, 1.82) is 0 Å². The topological polar surface area (TPSA) is 68.3 Å². The lowest BCUT2D eigenvalue weighted by Gasteiger charge is -2.32. The van der Waals surface area contributed by atoms with Gasteiger partial charge in [-0.2, -0.15) is 0 Å². The quantitative estimate of drug-likeness (QED) is 0.862. The smallest absolute Gasteiger partial charge is 0.258 e. The van der Waals surface area contributed by atoms with Crippen LogP contribution in [0, 0.1) is 5.92 Å².